The Morgan fingerprint density at radius 1 is 1.41 bits per heavy atom. The summed E-state index contributed by atoms with van der Waals surface area (Å²) in [4.78, 5) is 13.7. The Morgan fingerprint density at radius 3 is 2.59 bits per heavy atom. The molecule has 0 radical (unpaired) electrons. The Bertz CT molecular complexity index is 196. The average Bonchev–Trinajstić information content (AvgIpc) is 2.35. The standard InChI is InChI=1S/C12H26N2O3/c1-3-11(10-13)9-12(16)14(4-2)5-7-17-8-6-15/h11,15H,3-10,13H2,1-2H3. The Hall–Kier alpha value is -0.650. The molecule has 0 rings (SSSR count). The van der Waals surface area contributed by atoms with Crippen LogP contribution in [-0.2, 0) is 9.53 Å². The van der Waals surface area contributed by atoms with Crippen molar-refractivity contribution < 1.29 is 14.6 Å². The first-order chi connectivity index (χ1) is 8.19. The number of hydrogen-bond acceptors (Lipinski definition) is 4. The summed E-state index contributed by atoms with van der Waals surface area (Å²) in [6, 6.07) is 0. The van der Waals surface area contributed by atoms with E-state index >= 15 is 0 Å². The number of nitrogens with two attached hydrogens (primary N) is 1. The van der Waals surface area contributed by atoms with Crippen LogP contribution in [-0.4, -0.2) is 55.4 Å². The van der Waals surface area contributed by atoms with Crippen LogP contribution in [0.5, 0.6) is 0 Å². The molecule has 0 aliphatic carbocycles. The van der Waals surface area contributed by atoms with Gasteiger partial charge < -0.3 is 20.5 Å². The predicted octanol–water partition coefficient (Wildman–Crippen LogP) is 0.219. The Balaban J connectivity index is 3.94. The number of amides is 1. The maximum Gasteiger partial charge on any atom is 0.222 e. The van der Waals surface area contributed by atoms with Gasteiger partial charge in [-0.15, -0.1) is 0 Å². The number of rotatable bonds is 10. The highest BCUT2D eigenvalue weighted by Crippen LogP contribution is 2.08. The molecule has 0 spiro atoms. The van der Waals surface area contributed by atoms with Crippen LogP contribution >= 0.6 is 0 Å². The molecule has 0 aromatic heterocycles. The summed E-state index contributed by atoms with van der Waals surface area (Å²) in [6.45, 7) is 6.63. The summed E-state index contributed by atoms with van der Waals surface area (Å²) in [5.41, 5.74) is 5.59. The first-order valence-electron chi connectivity index (χ1n) is 6.35. The fourth-order valence-electron chi connectivity index (χ4n) is 1.57. The van der Waals surface area contributed by atoms with E-state index in [1.807, 2.05) is 13.8 Å². The van der Waals surface area contributed by atoms with Crippen molar-refractivity contribution in [2.45, 2.75) is 26.7 Å². The van der Waals surface area contributed by atoms with Crippen LogP contribution in [0.15, 0.2) is 0 Å². The number of ether oxygens (including phenoxy) is 1. The van der Waals surface area contributed by atoms with Crippen molar-refractivity contribution >= 4 is 5.91 Å². The molecule has 0 saturated heterocycles. The number of carbonyl (C=O) groups is 1. The number of hydrogen-bond donors (Lipinski definition) is 2. The molecule has 0 saturated carbocycles. The van der Waals surface area contributed by atoms with Crippen molar-refractivity contribution in [3.8, 4) is 0 Å². The number of likely N-dealkylation sites (N-methyl/N-ethyl adjacent to an activating group) is 1. The monoisotopic (exact) mass is 246 g/mol. The molecule has 0 aromatic rings. The number of carbonyl (C=O) groups excluding carboxylic acids is 1. The van der Waals surface area contributed by atoms with Crippen molar-refractivity contribution in [2.24, 2.45) is 11.7 Å². The van der Waals surface area contributed by atoms with E-state index in [-0.39, 0.29) is 18.4 Å². The van der Waals surface area contributed by atoms with E-state index in [1.54, 1.807) is 4.90 Å². The minimum atomic E-state index is 0.0190. The summed E-state index contributed by atoms with van der Waals surface area (Å²) < 4.78 is 5.15. The molecule has 17 heavy (non-hydrogen) atoms. The van der Waals surface area contributed by atoms with Gasteiger partial charge in [0.15, 0.2) is 0 Å². The van der Waals surface area contributed by atoms with Crippen LogP contribution in [0, 0.1) is 5.92 Å². The fourth-order valence-corrected chi connectivity index (χ4v) is 1.57. The number of nitrogens with zero attached hydrogens (tertiary/aromatic N) is 1. The molecule has 1 amide bonds. The van der Waals surface area contributed by atoms with E-state index in [0.29, 0.717) is 39.3 Å². The summed E-state index contributed by atoms with van der Waals surface area (Å²) in [5, 5.41) is 8.56. The second-order valence-electron chi connectivity index (χ2n) is 4.02. The number of aliphatic hydroxyl groups excluding tert-OH is 1. The highest BCUT2D eigenvalue weighted by atomic mass is 16.5. The van der Waals surface area contributed by atoms with Crippen molar-refractivity contribution in [1.82, 2.24) is 4.90 Å². The second-order valence-corrected chi connectivity index (χ2v) is 4.02. The first-order valence-corrected chi connectivity index (χ1v) is 6.35. The second kappa shape index (κ2) is 10.5. The molecule has 0 bridgehead atoms. The quantitative estimate of drug-likeness (QED) is 0.541. The van der Waals surface area contributed by atoms with E-state index in [1.165, 1.54) is 0 Å². The SMILES string of the molecule is CCC(CN)CC(=O)N(CC)CCOCCO. The molecular weight excluding hydrogens is 220 g/mol. The van der Waals surface area contributed by atoms with Gasteiger partial charge in [0.25, 0.3) is 0 Å². The van der Waals surface area contributed by atoms with Gasteiger partial charge in [0.1, 0.15) is 0 Å². The van der Waals surface area contributed by atoms with E-state index in [9.17, 15) is 4.79 Å². The third kappa shape index (κ3) is 7.31. The molecule has 5 heteroatoms. The van der Waals surface area contributed by atoms with E-state index in [2.05, 4.69) is 0 Å². The molecule has 0 heterocycles. The molecule has 0 aromatic carbocycles. The van der Waals surface area contributed by atoms with Gasteiger partial charge in [-0.3, -0.25) is 4.79 Å². The molecule has 1 unspecified atom stereocenters. The zero-order chi connectivity index (χ0) is 13.1. The summed E-state index contributed by atoms with van der Waals surface area (Å²) in [5.74, 6) is 0.410. The lowest BCUT2D eigenvalue weighted by molar-refractivity contribution is -0.132. The molecule has 102 valence electrons. The summed E-state index contributed by atoms with van der Waals surface area (Å²) in [6.07, 6.45) is 1.45. The van der Waals surface area contributed by atoms with Crippen LogP contribution in [0.4, 0.5) is 0 Å². The molecular formula is C12H26N2O3. The number of aliphatic hydroxyl groups is 1. The molecule has 3 N–H and O–H groups in total. The van der Waals surface area contributed by atoms with Crippen molar-refractivity contribution in [3.05, 3.63) is 0 Å². The Morgan fingerprint density at radius 2 is 2.12 bits per heavy atom. The van der Waals surface area contributed by atoms with Crippen LogP contribution in [0.1, 0.15) is 26.7 Å². The maximum atomic E-state index is 11.9. The minimum Gasteiger partial charge on any atom is -0.394 e. The molecule has 0 aliphatic rings. The van der Waals surface area contributed by atoms with Gasteiger partial charge in [0.2, 0.25) is 5.91 Å². The topological polar surface area (TPSA) is 75.8 Å². The van der Waals surface area contributed by atoms with Crippen LogP contribution in [0.3, 0.4) is 0 Å². The third-order valence-electron chi connectivity index (χ3n) is 2.85. The van der Waals surface area contributed by atoms with Gasteiger partial charge >= 0.3 is 0 Å². The smallest absolute Gasteiger partial charge is 0.222 e. The maximum absolute atomic E-state index is 11.9. The lowest BCUT2D eigenvalue weighted by Crippen LogP contribution is -2.36. The Kier molecular flexibility index (Phi) is 10.1. The van der Waals surface area contributed by atoms with Gasteiger partial charge in [0.05, 0.1) is 19.8 Å². The van der Waals surface area contributed by atoms with Gasteiger partial charge in [-0.1, -0.05) is 13.3 Å². The minimum absolute atomic E-state index is 0.0190. The van der Waals surface area contributed by atoms with Gasteiger partial charge in [-0.05, 0) is 19.4 Å². The van der Waals surface area contributed by atoms with Gasteiger partial charge in [-0.2, -0.15) is 0 Å². The predicted molar refractivity (Wildman–Crippen MR) is 67.6 cm³/mol. The average molecular weight is 246 g/mol. The van der Waals surface area contributed by atoms with Crippen molar-refractivity contribution in [3.63, 3.8) is 0 Å². The van der Waals surface area contributed by atoms with Crippen molar-refractivity contribution in [1.29, 1.82) is 0 Å². The van der Waals surface area contributed by atoms with E-state index in [4.69, 9.17) is 15.6 Å². The normalized spacial score (nSPS) is 12.5. The zero-order valence-corrected chi connectivity index (χ0v) is 11.0. The van der Waals surface area contributed by atoms with Gasteiger partial charge in [0, 0.05) is 19.5 Å². The fraction of sp³-hybridized carbons (Fsp3) is 0.917. The highest BCUT2D eigenvalue weighted by Gasteiger charge is 2.15. The van der Waals surface area contributed by atoms with Gasteiger partial charge in [-0.25, -0.2) is 0 Å². The molecule has 0 aliphatic heterocycles. The van der Waals surface area contributed by atoms with Crippen molar-refractivity contribution in [2.75, 3.05) is 39.5 Å². The van der Waals surface area contributed by atoms with Crippen LogP contribution in [0.2, 0.25) is 0 Å². The lowest BCUT2D eigenvalue weighted by Gasteiger charge is -2.23. The van der Waals surface area contributed by atoms with E-state index < -0.39 is 0 Å². The van der Waals surface area contributed by atoms with Crippen LogP contribution < -0.4 is 5.73 Å². The van der Waals surface area contributed by atoms with Crippen LogP contribution in [0.25, 0.3) is 0 Å². The molecule has 5 nitrogen and oxygen atoms in total. The highest BCUT2D eigenvalue weighted by molar-refractivity contribution is 5.76. The largest absolute Gasteiger partial charge is 0.394 e. The third-order valence-corrected chi connectivity index (χ3v) is 2.85. The summed E-state index contributed by atoms with van der Waals surface area (Å²) >= 11 is 0. The lowest BCUT2D eigenvalue weighted by atomic mass is 10.0. The Labute approximate surface area is 104 Å². The molecule has 1 atom stereocenters. The first kappa shape index (κ1) is 16.4. The summed E-state index contributed by atoms with van der Waals surface area (Å²) in [7, 11) is 0. The zero-order valence-electron chi connectivity index (χ0n) is 11.0. The van der Waals surface area contributed by atoms with E-state index in [0.717, 1.165) is 6.42 Å². The molecule has 0 fully saturated rings.